The van der Waals surface area contributed by atoms with E-state index < -0.39 is 0 Å². The molecule has 3 heterocycles. The lowest BCUT2D eigenvalue weighted by Crippen LogP contribution is -2.36. The van der Waals surface area contributed by atoms with Crippen molar-refractivity contribution in [3.8, 4) is 0 Å². The van der Waals surface area contributed by atoms with Crippen molar-refractivity contribution in [3.63, 3.8) is 0 Å². The summed E-state index contributed by atoms with van der Waals surface area (Å²) < 4.78 is 8.69. The first-order chi connectivity index (χ1) is 15.1. The Balaban J connectivity index is 1.15. The second kappa shape index (κ2) is 8.65. The first-order valence-corrected chi connectivity index (χ1v) is 11.5. The molecule has 0 aliphatic carbocycles. The van der Waals surface area contributed by atoms with Gasteiger partial charge < -0.3 is 19.2 Å². The van der Waals surface area contributed by atoms with Gasteiger partial charge >= 0.3 is 6.09 Å². The molecule has 2 aliphatic rings. The van der Waals surface area contributed by atoms with Gasteiger partial charge in [-0.1, -0.05) is 23.7 Å². The fourth-order valence-corrected chi connectivity index (χ4v) is 5.15. The van der Waals surface area contributed by atoms with Crippen LogP contribution < -0.4 is 4.90 Å². The van der Waals surface area contributed by atoms with Crippen LogP contribution in [0.4, 0.5) is 10.5 Å². The molecule has 1 aromatic heterocycles. The van der Waals surface area contributed by atoms with E-state index in [4.69, 9.17) is 28.6 Å². The second-order valence-corrected chi connectivity index (χ2v) is 9.09. The molecule has 1 N–H and O–H groups in total. The number of aromatic nitrogens is 2. The molecule has 2 aromatic carbocycles. The smallest absolute Gasteiger partial charge is 0.414 e. The SMILES string of the molecule is O=C1OC(CCN2CCC(n3c(=S)[nH]c4ccccc43)CC2)CN1c1ccc(Cl)cc1. The van der Waals surface area contributed by atoms with Crippen LogP contribution in [0.5, 0.6) is 0 Å². The number of piperidine rings is 1. The van der Waals surface area contributed by atoms with Crippen LogP contribution in [0.25, 0.3) is 11.0 Å². The highest BCUT2D eigenvalue weighted by atomic mass is 35.5. The summed E-state index contributed by atoms with van der Waals surface area (Å²) in [4.78, 5) is 19.8. The third kappa shape index (κ3) is 4.22. The lowest BCUT2D eigenvalue weighted by Gasteiger charge is -2.33. The van der Waals surface area contributed by atoms with Gasteiger partial charge in [0.05, 0.1) is 17.6 Å². The van der Waals surface area contributed by atoms with Gasteiger partial charge in [0.25, 0.3) is 0 Å². The van der Waals surface area contributed by atoms with Crippen LogP contribution in [0, 0.1) is 4.77 Å². The van der Waals surface area contributed by atoms with Crippen molar-refractivity contribution in [1.29, 1.82) is 0 Å². The summed E-state index contributed by atoms with van der Waals surface area (Å²) in [6, 6.07) is 16.0. The van der Waals surface area contributed by atoms with Crippen molar-refractivity contribution in [2.24, 2.45) is 0 Å². The molecular weight excluding hydrogens is 432 g/mol. The maximum absolute atomic E-state index is 12.3. The number of hydrogen-bond donors (Lipinski definition) is 1. The molecule has 1 atom stereocenters. The summed E-state index contributed by atoms with van der Waals surface area (Å²) in [6.45, 7) is 3.56. The summed E-state index contributed by atoms with van der Waals surface area (Å²) in [5.74, 6) is 0. The molecule has 5 rings (SSSR count). The van der Waals surface area contributed by atoms with E-state index in [1.54, 1.807) is 17.0 Å². The van der Waals surface area contributed by atoms with Crippen molar-refractivity contribution in [1.82, 2.24) is 14.5 Å². The summed E-state index contributed by atoms with van der Waals surface area (Å²) in [7, 11) is 0. The first-order valence-electron chi connectivity index (χ1n) is 10.7. The van der Waals surface area contributed by atoms with Gasteiger partial charge in [-0.15, -0.1) is 0 Å². The molecule has 162 valence electrons. The Morgan fingerprint density at radius 3 is 2.61 bits per heavy atom. The fraction of sp³-hybridized carbons (Fsp3) is 0.391. The number of nitrogens with zero attached hydrogens (tertiary/aromatic N) is 3. The number of imidazole rings is 1. The van der Waals surface area contributed by atoms with Crippen molar-refractivity contribution < 1.29 is 9.53 Å². The highest BCUT2D eigenvalue weighted by Crippen LogP contribution is 2.28. The third-order valence-corrected chi connectivity index (χ3v) is 6.88. The largest absolute Gasteiger partial charge is 0.444 e. The minimum Gasteiger partial charge on any atom is -0.444 e. The molecule has 0 spiro atoms. The molecular formula is C23H25ClN4O2S. The fourth-order valence-electron chi connectivity index (χ4n) is 4.67. The van der Waals surface area contributed by atoms with E-state index in [0.29, 0.717) is 17.6 Å². The monoisotopic (exact) mass is 456 g/mol. The quantitative estimate of drug-likeness (QED) is 0.522. The maximum Gasteiger partial charge on any atom is 0.414 e. The molecule has 2 fully saturated rings. The molecule has 8 heteroatoms. The highest BCUT2D eigenvalue weighted by Gasteiger charge is 2.33. The van der Waals surface area contributed by atoms with Crippen molar-refractivity contribution in [2.75, 3.05) is 31.1 Å². The predicted octanol–water partition coefficient (Wildman–Crippen LogP) is 5.40. The Hall–Kier alpha value is -2.35. The lowest BCUT2D eigenvalue weighted by atomic mass is 10.0. The number of halogens is 1. The Labute approximate surface area is 191 Å². The van der Waals surface area contributed by atoms with E-state index in [9.17, 15) is 4.79 Å². The van der Waals surface area contributed by atoms with E-state index in [1.165, 1.54) is 5.52 Å². The summed E-state index contributed by atoms with van der Waals surface area (Å²) in [5, 5.41) is 0.658. The van der Waals surface area contributed by atoms with Gasteiger partial charge in [-0.3, -0.25) is 4.90 Å². The number of rotatable bonds is 5. The lowest BCUT2D eigenvalue weighted by molar-refractivity contribution is 0.117. The van der Waals surface area contributed by atoms with Gasteiger partial charge in [0.1, 0.15) is 6.10 Å². The zero-order valence-electron chi connectivity index (χ0n) is 17.2. The normalized spacial score (nSPS) is 20.5. The number of H-pyrrole nitrogens is 1. The second-order valence-electron chi connectivity index (χ2n) is 8.27. The number of anilines is 1. The van der Waals surface area contributed by atoms with Crippen LogP contribution in [0.1, 0.15) is 25.3 Å². The zero-order valence-corrected chi connectivity index (χ0v) is 18.7. The average Bonchev–Trinajstić information content (AvgIpc) is 3.32. The standard InChI is InChI=1S/C23H25ClN4O2S/c24-16-5-7-17(8-6-16)27-15-19(30-23(27)29)11-14-26-12-9-18(10-13-26)28-21-4-2-1-3-20(21)25-22(28)31/h1-8,18-19H,9-15H2,(H,25,31). The highest BCUT2D eigenvalue weighted by molar-refractivity contribution is 7.71. The molecule has 3 aromatic rings. The van der Waals surface area contributed by atoms with Gasteiger partial charge in [0.2, 0.25) is 0 Å². The molecule has 0 saturated carbocycles. The average molecular weight is 457 g/mol. The first kappa shape index (κ1) is 20.5. The molecule has 6 nitrogen and oxygen atoms in total. The van der Waals surface area contributed by atoms with Crippen LogP contribution >= 0.6 is 23.8 Å². The maximum atomic E-state index is 12.3. The van der Waals surface area contributed by atoms with E-state index in [2.05, 4.69) is 32.7 Å². The molecule has 0 radical (unpaired) electrons. The van der Waals surface area contributed by atoms with Gasteiger partial charge in [-0.2, -0.15) is 0 Å². The van der Waals surface area contributed by atoms with Crippen molar-refractivity contribution in [3.05, 3.63) is 58.3 Å². The van der Waals surface area contributed by atoms with Crippen molar-refractivity contribution in [2.45, 2.75) is 31.4 Å². The number of aromatic amines is 1. The van der Waals surface area contributed by atoms with Crippen molar-refractivity contribution >= 4 is 46.6 Å². The number of cyclic esters (lactones) is 1. The molecule has 2 aliphatic heterocycles. The van der Waals surface area contributed by atoms with E-state index in [1.807, 2.05) is 18.2 Å². The Morgan fingerprint density at radius 2 is 1.84 bits per heavy atom. The molecule has 1 unspecified atom stereocenters. The number of hydrogen-bond acceptors (Lipinski definition) is 4. The number of likely N-dealkylation sites (tertiary alicyclic amines) is 1. The molecule has 1 amide bonds. The Kier molecular flexibility index (Phi) is 5.73. The predicted molar refractivity (Wildman–Crippen MR) is 126 cm³/mol. The van der Waals surface area contributed by atoms with E-state index >= 15 is 0 Å². The van der Waals surface area contributed by atoms with E-state index in [-0.39, 0.29) is 12.2 Å². The van der Waals surface area contributed by atoms with E-state index in [0.717, 1.165) is 54.9 Å². The number of carbonyl (C=O) groups is 1. The van der Waals surface area contributed by atoms with Gasteiger partial charge in [0.15, 0.2) is 4.77 Å². The number of ether oxygens (including phenoxy) is 1. The van der Waals surface area contributed by atoms with Crippen LogP contribution in [0.3, 0.4) is 0 Å². The molecule has 0 bridgehead atoms. The number of carbonyl (C=O) groups excluding carboxylic acids is 1. The number of para-hydroxylation sites is 2. The van der Waals surface area contributed by atoms with Crippen LogP contribution in [-0.2, 0) is 4.74 Å². The Bertz CT molecular complexity index is 1130. The molecule has 2 saturated heterocycles. The Morgan fingerprint density at radius 1 is 1.10 bits per heavy atom. The number of fused-ring (bicyclic) bond motifs is 1. The summed E-state index contributed by atoms with van der Waals surface area (Å²) in [6.07, 6.45) is 2.62. The summed E-state index contributed by atoms with van der Waals surface area (Å²) in [5.41, 5.74) is 3.11. The molecule has 31 heavy (non-hydrogen) atoms. The van der Waals surface area contributed by atoms with Crippen LogP contribution in [0.2, 0.25) is 5.02 Å². The number of amides is 1. The zero-order chi connectivity index (χ0) is 21.4. The minimum absolute atomic E-state index is 0.0804. The third-order valence-electron chi connectivity index (χ3n) is 6.33. The van der Waals surface area contributed by atoms with Gasteiger partial charge in [-0.25, -0.2) is 4.79 Å². The van der Waals surface area contributed by atoms with Gasteiger partial charge in [-0.05, 0) is 67.9 Å². The number of nitrogens with one attached hydrogen (secondary N) is 1. The summed E-state index contributed by atoms with van der Waals surface area (Å²) >= 11 is 11.5. The van der Waals surface area contributed by atoms with Crippen LogP contribution in [-0.4, -0.2) is 52.8 Å². The topological polar surface area (TPSA) is 53.5 Å². The van der Waals surface area contributed by atoms with Crippen LogP contribution in [0.15, 0.2) is 48.5 Å². The minimum atomic E-state index is -0.278. The number of benzene rings is 2. The van der Waals surface area contributed by atoms with Gasteiger partial charge in [0, 0.05) is 36.4 Å².